The molecule has 0 spiro atoms. The van der Waals surface area contributed by atoms with E-state index in [4.69, 9.17) is 9.15 Å². The molecule has 0 radical (unpaired) electrons. The maximum absolute atomic E-state index is 13.5. The Morgan fingerprint density at radius 3 is 2.29 bits per heavy atom. The van der Waals surface area contributed by atoms with Crippen molar-refractivity contribution in [1.29, 1.82) is 0 Å². The Kier molecular flexibility index (Phi) is 6.79. The highest BCUT2D eigenvalue weighted by Gasteiger charge is 2.25. The number of hydrogen-bond acceptors (Lipinski definition) is 4. The summed E-state index contributed by atoms with van der Waals surface area (Å²) in [4.78, 5) is 26.6. The molecule has 0 bridgehead atoms. The summed E-state index contributed by atoms with van der Waals surface area (Å²) in [5, 5.41) is 3.33. The third-order valence-electron chi connectivity index (χ3n) is 6.10. The fraction of sp³-hybridized carbons (Fsp3) is 0.267. The van der Waals surface area contributed by atoms with E-state index in [9.17, 15) is 9.59 Å². The number of nitrogens with one attached hydrogen (secondary N) is 1. The number of aryl methyl sites for hydroxylation is 1. The van der Waals surface area contributed by atoms with E-state index in [1.54, 1.807) is 18.2 Å². The first-order valence-corrected chi connectivity index (χ1v) is 11.9. The molecule has 0 saturated heterocycles. The number of fused-ring (bicyclic) bond motifs is 1. The molecule has 1 N–H and O–H groups in total. The van der Waals surface area contributed by atoms with Crippen LogP contribution in [0.3, 0.4) is 0 Å². The van der Waals surface area contributed by atoms with Crippen LogP contribution in [-0.4, -0.2) is 12.0 Å². The lowest BCUT2D eigenvalue weighted by Crippen LogP contribution is -2.34. The molecule has 1 atom stereocenters. The first-order valence-electron chi connectivity index (χ1n) is 11.9. The van der Waals surface area contributed by atoms with Gasteiger partial charge in [0.15, 0.2) is 11.9 Å². The van der Waals surface area contributed by atoms with Crippen molar-refractivity contribution in [2.75, 3.05) is 5.32 Å². The maximum Gasteiger partial charge on any atom is 0.265 e. The molecule has 5 heteroatoms. The van der Waals surface area contributed by atoms with Crippen molar-refractivity contribution in [3.63, 3.8) is 0 Å². The second kappa shape index (κ2) is 9.79. The molecule has 0 aliphatic rings. The minimum Gasteiger partial charge on any atom is -0.473 e. The number of carbonyl (C=O) groups excluding carboxylic acids is 1. The molecular formula is C30H31NO4. The Balaban J connectivity index is 1.76. The van der Waals surface area contributed by atoms with Crippen molar-refractivity contribution in [2.45, 2.75) is 52.6 Å². The molecule has 1 heterocycles. The van der Waals surface area contributed by atoms with Gasteiger partial charge < -0.3 is 14.5 Å². The number of para-hydroxylation sites is 2. The van der Waals surface area contributed by atoms with Crippen LogP contribution in [0.25, 0.3) is 22.3 Å². The van der Waals surface area contributed by atoms with Gasteiger partial charge >= 0.3 is 0 Å². The average Bonchev–Trinajstić information content (AvgIpc) is 2.84. The number of hydrogen-bond donors (Lipinski definition) is 1. The molecule has 1 aromatic heterocycles. The second-order valence-electron chi connectivity index (χ2n) is 9.73. The highest BCUT2D eigenvalue weighted by atomic mass is 16.5. The van der Waals surface area contributed by atoms with Crippen LogP contribution in [0.1, 0.15) is 45.2 Å². The van der Waals surface area contributed by atoms with Gasteiger partial charge in [0, 0.05) is 11.3 Å². The summed E-state index contributed by atoms with van der Waals surface area (Å²) in [7, 11) is 0. The number of benzene rings is 3. The van der Waals surface area contributed by atoms with Crippen molar-refractivity contribution >= 4 is 22.6 Å². The zero-order valence-electron chi connectivity index (χ0n) is 20.8. The van der Waals surface area contributed by atoms with E-state index in [1.165, 1.54) is 0 Å². The molecule has 0 aliphatic heterocycles. The van der Waals surface area contributed by atoms with Crippen LogP contribution in [0.5, 0.6) is 5.75 Å². The number of amides is 1. The lowest BCUT2D eigenvalue weighted by Gasteiger charge is -2.21. The third kappa shape index (κ3) is 5.14. The summed E-state index contributed by atoms with van der Waals surface area (Å²) in [6.07, 6.45) is -0.488. The van der Waals surface area contributed by atoms with Crippen LogP contribution >= 0.6 is 0 Å². The van der Waals surface area contributed by atoms with Crippen LogP contribution in [0.4, 0.5) is 5.69 Å². The molecule has 180 valence electrons. The van der Waals surface area contributed by atoms with Crippen molar-refractivity contribution in [2.24, 2.45) is 0 Å². The van der Waals surface area contributed by atoms with Gasteiger partial charge in [-0.25, -0.2) is 0 Å². The van der Waals surface area contributed by atoms with Crippen LogP contribution in [0.15, 0.2) is 82.0 Å². The summed E-state index contributed by atoms with van der Waals surface area (Å²) in [5.41, 5.74) is 3.69. The molecule has 1 amide bonds. The number of anilines is 1. The molecule has 0 fully saturated rings. The zero-order valence-corrected chi connectivity index (χ0v) is 20.8. The van der Waals surface area contributed by atoms with Gasteiger partial charge in [-0.15, -0.1) is 0 Å². The van der Waals surface area contributed by atoms with Gasteiger partial charge in [-0.3, -0.25) is 9.59 Å². The van der Waals surface area contributed by atoms with Crippen LogP contribution in [0, 0.1) is 6.92 Å². The molecule has 1 unspecified atom stereocenters. The fourth-order valence-corrected chi connectivity index (χ4v) is 3.93. The van der Waals surface area contributed by atoms with E-state index >= 15 is 0 Å². The monoisotopic (exact) mass is 469 g/mol. The highest BCUT2D eigenvalue weighted by molar-refractivity contribution is 5.95. The van der Waals surface area contributed by atoms with Gasteiger partial charge in [-0.05, 0) is 48.1 Å². The summed E-state index contributed by atoms with van der Waals surface area (Å²) in [6.45, 7) is 10.2. The SMILES string of the molecule is CCC(Oc1c(-c2ccc(C(C)(C)C)cc2)oc2ccccc2c1=O)C(=O)Nc1ccccc1C. The van der Waals surface area contributed by atoms with E-state index in [-0.39, 0.29) is 22.5 Å². The highest BCUT2D eigenvalue weighted by Crippen LogP contribution is 2.33. The van der Waals surface area contributed by atoms with Crippen molar-refractivity contribution in [1.82, 2.24) is 0 Å². The quantitative estimate of drug-likeness (QED) is 0.335. The lowest BCUT2D eigenvalue weighted by atomic mass is 9.86. The summed E-state index contributed by atoms with van der Waals surface area (Å²) >= 11 is 0. The topological polar surface area (TPSA) is 68.5 Å². The van der Waals surface area contributed by atoms with E-state index in [2.05, 4.69) is 26.1 Å². The summed E-state index contributed by atoms with van der Waals surface area (Å²) in [6, 6.07) is 22.5. The van der Waals surface area contributed by atoms with Gasteiger partial charge in [0.25, 0.3) is 5.91 Å². The first kappa shape index (κ1) is 24.3. The minimum absolute atomic E-state index is 0.0109. The predicted molar refractivity (Wildman–Crippen MR) is 141 cm³/mol. The Labute approximate surface area is 205 Å². The van der Waals surface area contributed by atoms with Gasteiger partial charge in [-0.2, -0.15) is 0 Å². The van der Waals surface area contributed by atoms with E-state index in [0.29, 0.717) is 34.4 Å². The Morgan fingerprint density at radius 2 is 1.63 bits per heavy atom. The van der Waals surface area contributed by atoms with Crippen LogP contribution < -0.4 is 15.5 Å². The van der Waals surface area contributed by atoms with E-state index in [0.717, 1.165) is 11.1 Å². The second-order valence-corrected chi connectivity index (χ2v) is 9.73. The van der Waals surface area contributed by atoms with Crippen molar-refractivity contribution < 1.29 is 13.9 Å². The summed E-state index contributed by atoms with van der Waals surface area (Å²) in [5.74, 6) is 0.0404. The standard InChI is InChI=1S/C30H31NO4/c1-6-24(29(33)31-23-13-9-7-11-19(23)2)34-28-26(32)22-12-8-10-14-25(22)35-27(28)20-15-17-21(18-16-20)30(3,4)5/h7-18,24H,6H2,1-5H3,(H,31,33). The third-order valence-corrected chi connectivity index (χ3v) is 6.10. The van der Waals surface area contributed by atoms with E-state index < -0.39 is 6.10 Å². The van der Waals surface area contributed by atoms with E-state index in [1.807, 2.05) is 68.4 Å². The smallest absolute Gasteiger partial charge is 0.265 e. The fourth-order valence-electron chi connectivity index (χ4n) is 3.93. The Morgan fingerprint density at radius 1 is 0.971 bits per heavy atom. The number of ether oxygens (including phenoxy) is 1. The lowest BCUT2D eigenvalue weighted by molar-refractivity contribution is -0.122. The number of carbonyl (C=O) groups is 1. The molecule has 35 heavy (non-hydrogen) atoms. The molecule has 4 rings (SSSR count). The van der Waals surface area contributed by atoms with Gasteiger partial charge in [0.2, 0.25) is 11.2 Å². The van der Waals surface area contributed by atoms with Gasteiger partial charge in [-0.1, -0.05) is 82.3 Å². The maximum atomic E-state index is 13.5. The normalized spacial score (nSPS) is 12.4. The average molecular weight is 470 g/mol. The van der Waals surface area contributed by atoms with Crippen LogP contribution in [-0.2, 0) is 10.2 Å². The van der Waals surface area contributed by atoms with Crippen molar-refractivity contribution in [3.8, 4) is 17.1 Å². The minimum atomic E-state index is -0.869. The molecule has 0 saturated carbocycles. The molecular weight excluding hydrogens is 438 g/mol. The predicted octanol–water partition coefficient (Wildman–Crippen LogP) is 6.86. The molecule has 3 aromatic carbocycles. The summed E-state index contributed by atoms with van der Waals surface area (Å²) < 4.78 is 12.3. The van der Waals surface area contributed by atoms with Gasteiger partial charge in [0.1, 0.15) is 5.58 Å². The zero-order chi connectivity index (χ0) is 25.2. The van der Waals surface area contributed by atoms with Crippen LogP contribution in [0.2, 0.25) is 0 Å². The van der Waals surface area contributed by atoms with Crippen molar-refractivity contribution in [3.05, 3.63) is 94.1 Å². The largest absolute Gasteiger partial charge is 0.473 e. The number of rotatable bonds is 6. The Bertz CT molecular complexity index is 1410. The molecule has 0 aliphatic carbocycles. The molecule has 5 nitrogen and oxygen atoms in total. The molecule has 4 aromatic rings. The van der Waals surface area contributed by atoms with Gasteiger partial charge in [0.05, 0.1) is 5.39 Å². The Hall–Kier alpha value is -3.86. The first-order chi connectivity index (χ1) is 16.7.